The number of aryl methyl sites for hydroxylation is 1. The quantitative estimate of drug-likeness (QED) is 0.808. The molecule has 6 heteroatoms. The first-order valence-corrected chi connectivity index (χ1v) is 8.30. The van der Waals surface area contributed by atoms with Gasteiger partial charge in [-0.05, 0) is 26.2 Å². The van der Waals surface area contributed by atoms with Crippen LogP contribution in [0.3, 0.4) is 0 Å². The molecule has 2 heterocycles. The predicted octanol–water partition coefficient (Wildman–Crippen LogP) is 2.89. The highest BCUT2D eigenvalue weighted by Gasteiger charge is 2.24. The van der Waals surface area contributed by atoms with Crippen LogP contribution in [0.1, 0.15) is 70.2 Å². The van der Waals surface area contributed by atoms with E-state index in [9.17, 15) is 4.79 Å². The maximum Gasteiger partial charge on any atom is 0.227 e. The summed E-state index contributed by atoms with van der Waals surface area (Å²) in [6.07, 6.45) is 6.45. The molecule has 0 unspecified atom stereocenters. The molecule has 1 aromatic heterocycles. The number of likely N-dealkylation sites (tertiary alicyclic amines) is 1. The molecule has 1 aromatic rings. The van der Waals surface area contributed by atoms with Crippen molar-refractivity contribution < 1.29 is 14.1 Å². The summed E-state index contributed by atoms with van der Waals surface area (Å²) in [5.41, 5.74) is 0. The molecule has 22 heavy (non-hydrogen) atoms. The largest absolute Gasteiger partial charge is 0.374 e. The average molecular weight is 309 g/mol. The Balaban J connectivity index is 1.89. The van der Waals surface area contributed by atoms with Crippen LogP contribution in [0.5, 0.6) is 0 Å². The highest BCUT2D eigenvalue weighted by atomic mass is 16.5. The zero-order valence-corrected chi connectivity index (χ0v) is 13.9. The number of ether oxygens (including phenoxy) is 1. The van der Waals surface area contributed by atoms with Gasteiger partial charge in [0.05, 0.1) is 0 Å². The average Bonchev–Trinajstić information content (AvgIpc) is 2.88. The van der Waals surface area contributed by atoms with Crippen molar-refractivity contribution in [2.75, 3.05) is 13.7 Å². The topological polar surface area (TPSA) is 68.5 Å². The molecule has 0 aliphatic carbocycles. The molecular weight excluding hydrogens is 282 g/mol. The van der Waals surface area contributed by atoms with Gasteiger partial charge in [0.2, 0.25) is 11.8 Å². The molecule has 0 bridgehead atoms. The molecule has 1 saturated heterocycles. The highest BCUT2D eigenvalue weighted by Crippen LogP contribution is 2.20. The van der Waals surface area contributed by atoms with Crippen molar-refractivity contribution in [3.8, 4) is 0 Å². The lowest BCUT2D eigenvalue weighted by Gasteiger charge is -2.29. The summed E-state index contributed by atoms with van der Waals surface area (Å²) in [7, 11) is 1.61. The molecule has 0 aromatic carbocycles. The lowest BCUT2D eigenvalue weighted by atomic mass is 10.1. The highest BCUT2D eigenvalue weighted by molar-refractivity contribution is 5.76. The fourth-order valence-corrected chi connectivity index (χ4v) is 2.93. The Bertz CT molecular complexity index is 475. The van der Waals surface area contributed by atoms with E-state index in [1.807, 2.05) is 6.92 Å². The van der Waals surface area contributed by atoms with E-state index in [4.69, 9.17) is 9.26 Å². The van der Waals surface area contributed by atoms with Crippen LogP contribution >= 0.6 is 0 Å². The molecule has 1 amide bonds. The van der Waals surface area contributed by atoms with Gasteiger partial charge in [-0.15, -0.1) is 0 Å². The molecule has 0 N–H and O–H groups in total. The molecule has 1 aliphatic heterocycles. The third-order valence-corrected chi connectivity index (χ3v) is 4.42. The van der Waals surface area contributed by atoms with Crippen LogP contribution in [0.25, 0.3) is 0 Å². The van der Waals surface area contributed by atoms with Crippen LogP contribution in [0, 0.1) is 0 Å². The van der Waals surface area contributed by atoms with E-state index in [-0.39, 0.29) is 12.0 Å². The summed E-state index contributed by atoms with van der Waals surface area (Å²) in [5.74, 6) is 1.24. The Labute approximate surface area is 132 Å². The number of aromatic nitrogens is 2. The summed E-state index contributed by atoms with van der Waals surface area (Å²) in [6.45, 7) is 4.91. The maximum absolute atomic E-state index is 12.5. The molecule has 124 valence electrons. The molecule has 6 nitrogen and oxygen atoms in total. The SMILES string of the molecule is CC[C@@H]1CCCCCN1C(=O)CCc1nc([C@H](C)OC)no1. The minimum absolute atomic E-state index is 0.191. The van der Waals surface area contributed by atoms with Gasteiger partial charge in [-0.3, -0.25) is 4.79 Å². The molecule has 2 atom stereocenters. The number of hydrogen-bond acceptors (Lipinski definition) is 5. The number of carbonyl (C=O) groups is 1. The van der Waals surface area contributed by atoms with E-state index in [1.165, 1.54) is 12.8 Å². The van der Waals surface area contributed by atoms with Gasteiger partial charge >= 0.3 is 0 Å². The molecule has 1 fully saturated rings. The van der Waals surface area contributed by atoms with Gasteiger partial charge in [-0.1, -0.05) is 24.9 Å². The standard InChI is InChI=1S/C16H27N3O3/c1-4-13-8-6-5-7-11-19(13)15(20)10-9-14-17-16(18-22-14)12(2)21-3/h12-13H,4-11H2,1-3H3/t12-,13+/m0/s1. The first-order valence-electron chi connectivity index (χ1n) is 8.30. The number of rotatable bonds is 6. The van der Waals surface area contributed by atoms with Crippen molar-refractivity contribution in [3.63, 3.8) is 0 Å². The summed E-state index contributed by atoms with van der Waals surface area (Å²) >= 11 is 0. The Hall–Kier alpha value is -1.43. The van der Waals surface area contributed by atoms with Crippen LogP contribution in [0.2, 0.25) is 0 Å². The van der Waals surface area contributed by atoms with Gasteiger partial charge in [-0.2, -0.15) is 4.98 Å². The van der Waals surface area contributed by atoms with E-state index in [0.29, 0.717) is 30.6 Å². The fourth-order valence-electron chi connectivity index (χ4n) is 2.93. The van der Waals surface area contributed by atoms with Crippen molar-refractivity contribution >= 4 is 5.91 Å². The van der Waals surface area contributed by atoms with E-state index in [2.05, 4.69) is 22.0 Å². The Morgan fingerprint density at radius 1 is 1.45 bits per heavy atom. The molecule has 0 radical (unpaired) electrons. The Morgan fingerprint density at radius 3 is 3.00 bits per heavy atom. The smallest absolute Gasteiger partial charge is 0.227 e. The van der Waals surface area contributed by atoms with Crippen molar-refractivity contribution in [1.82, 2.24) is 15.0 Å². The van der Waals surface area contributed by atoms with E-state index in [1.54, 1.807) is 7.11 Å². The van der Waals surface area contributed by atoms with Crippen LogP contribution in [-0.4, -0.2) is 40.6 Å². The monoisotopic (exact) mass is 309 g/mol. The zero-order valence-electron chi connectivity index (χ0n) is 13.9. The first-order chi connectivity index (χ1) is 10.7. The van der Waals surface area contributed by atoms with E-state index in [0.717, 1.165) is 25.8 Å². The second-order valence-corrected chi connectivity index (χ2v) is 5.92. The second-order valence-electron chi connectivity index (χ2n) is 5.92. The number of methoxy groups -OCH3 is 1. The lowest BCUT2D eigenvalue weighted by molar-refractivity contribution is -0.133. The van der Waals surface area contributed by atoms with Crippen LogP contribution in [0.15, 0.2) is 4.52 Å². The second kappa shape index (κ2) is 8.27. The molecular formula is C16H27N3O3. The van der Waals surface area contributed by atoms with Gasteiger partial charge < -0.3 is 14.2 Å². The van der Waals surface area contributed by atoms with Crippen molar-refractivity contribution in [2.45, 2.75) is 70.9 Å². The summed E-state index contributed by atoms with van der Waals surface area (Å²) in [6, 6.07) is 0.391. The number of carbonyl (C=O) groups excluding carboxylic acids is 1. The molecule has 1 aliphatic rings. The van der Waals surface area contributed by atoms with Gasteiger partial charge in [-0.25, -0.2) is 0 Å². The van der Waals surface area contributed by atoms with Crippen molar-refractivity contribution in [1.29, 1.82) is 0 Å². The fraction of sp³-hybridized carbons (Fsp3) is 0.812. The zero-order chi connectivity index (χ0) is 15.9. The summed E-state index contributed by atoms with van der Waals surface area (Å²) in [4.78, 5) is 18.8. The predicted molar refractivity (Wildman–Crippen MR) is 82.3 cm³/mol. The molecule has 2 rings (SSSR count). The van der Waals surface area contributed by atoms with Gasteiger partial charge in [0, 0.05) is 32.5 Å². The van der Waals surface area contributed by atoms with Crippen molar-refractivity contribution in [2.24, 2.45) is 0 Å². The summed E-state index contributed by atoms with van der Waals surface area (Å²) in [5, 5.41) is 3.89. The Morgan fingerprint density at radius 2 is 2.27 bits per heavy atom. The van der Waals surface area contributed by atoms with E-state index < -0.39 is 0 Å². The third kappa shape index (κ3) is 4.29. The van der Waals surface area contributed by atoms with Crippen LogP contribution in [-0.2, 0) is 16.0 Å². The van der Waals surface area contributed by atoms with Gasteiger partial charge in [0.15, 0.2) is 5.82 Å². The maximum atomic E-state index is 12.5. The van der Waals surface area contributed by atoms with Crippen LogP contribution < -0.4 is 0 Å². The number of nitrogens with zero attached hydrogens (tertiary/aromatic N) is 3. The minimum atomic E-state index is -0.191. The molecule has 0 spiro atoms. The third-order valence-electron chi connectivity index (χ3n) is 4.42. The van der Waals surface area contributed by atoms with Gasteiger partial charge in [0.25, 0.3) is 0 Å². The molecule has 0 saturated carbocycles. The van der Waals surface area contributed by atoms with Crippen LogP contribution in [0.4, 0.5) is 0 Å². The normalized spacial score (nSPS) is 20.7. The first kappa shape index (κ1) is 16.9. The summed E-state index contributed by atoms with van der Waals surface area (Å²) < 4.78 is 10.3. The van der Waals surface area contributed by atoms with Gasteiger partial charge in [0.1, 0.15) is 6.10 Å². The minimum Gasteiger partial charge on any atom is -0.374 e. The Kier molecular flexibility index (Phi) is 6.36. The number of amides is 1. The van der Waals surface area contributed by atoms with Crippen molar-refractivity contribution in [3.05, 3.63) is 11.7 Å². The lowest BCUT2D eigenvalue weighted by Crippen LogP contribution is -2.39. The number of hydrogen-bond donors (Lipinski definition) is 0. The van der Waals surface area contributed by atoms with E-state index >= 15 is 0 Å².